The predicted octanol–water partition coefficient (Wildman–Crippen LogP) is 1.82. The number of piperidine rings is 1. The maximum atomic E-state index is 14.0. The summed E-state index contributed by atoms with van der Waals surface area (Å²) >= 11 is 12.4. The lowest BCUT2D eigenvalue weighted by Gasteiger charge is -2.30. The molecule has 11 heteroatoms. The Kier molecular flexibility index (Phi) is 6.54. The fourth-order valence-corrected chi connectivity index (χ4v) is 4.32. The maximum absolute atomic E-state index is 14.0. The van der Waals surface area contributed by atoms with Crippen LogP contribution in [-0.2, 0) is 6.54 Å². The van der Waals surface area contributed by atoms with Crippen LogP contribution in [0.5, 0.6) is 0 Å². The fraction of sp³-hybridized carbons (Fsp3) is 0.400. The zero-order valence-corrected chi connectivity index (χ0v) is 18.4. The maximum Gasteiger partial charge on any atom is 0.169 e. The number of allylic oxidation sites excluding steroid dienone is 1. The van der Waals surface area contributed by atoms with E-state index in [9.17, 15) is 4.39 Å². The van der Waals surface area contributed by atoms with Gasteiger partial charge in [0, 0.05) is 29.6 Å². The summed E-state index contributed by atoms with van der Waals surface area (Å²) in [5.41, 5.74) is 20.2. The second kappa shape index (κ2) is 9.33. The number of nitrogens with two attached hydrogens (primary N) is 2. The van der Waals surface area contributed by atoms with Gasteiger partial charge in [0.15, 0.2) is 5.82 Å². The Bertz CT molecular complexity index is 982. The second-order valence-electron chi connectivity index (χ2n) is 7.62. The third kappa shape index (κ3) is 4.73. The highest BCUT2D eigenvalue weighted by Crippen LogP contribution is 2.30. The molecule has 7 N–H and O–H groups in total. The summed E-state index contributed by atoms with van der Waals surface area (Å²) in [6.07, 6.45) is 3.76. The van der Waals surface area contributed by atoms with Crippen molar-refractivity contribution < 1.29 is 4.39 Å². The van der Waals surface area contributed by atoms with Gasteiger partial charge in [0.1, 0.15) is 17.5 Å². The van der Waals surface area contributed by atoms with Crippen molar-refractivity contribution in [1.29, 1.82) is 0 Å². The molecule has 0 saturated carbocycles. The number of aliphatic imine (C=N–C) groups is 2. The minimum Gasteiger partial charge on any atom is -0.396 e. The van der Waals surface area contributed by atoms with Crippen molar-refractivity contribution in [1.82, 2.24) is 21.1 Å². The number of hydrogen-bond acceptors (Lipinski definition) is 8. The van der Waals surface area contributed by atoms with E-state index in [4.69, 9.17) is 34.7 Å². The van der Waals surface area contributed by atoms with Crippen molar-refractivity contribution in [3.63, 3.8) is 0 Å². The summed E-state index contributed by atoms with van der Waals surface area (Å²) in [5.74, 6) is 1.60. The second-order valence-corrected chi connectivity index (χ2v) is 8.40. The van der Waals surface area contributed by atoms with Crippen LogP contribution < -0.4 is 27.6 Å². The molecule has 8 nitrogen and oxygen atoms in total. The molecule has 0 aliphatic carbocycles. The summed E-state index contributed by atoms with van der Waals surface area (Å²) in [5, 5.41) is 3.73. The molecule has 0 amide bonds. The van der Waals surface area contributed by atoms with Crippen molar-refractivity contribution in [3.8, 4) is 0 Å². The lowest BCUT2D eigenvalue weighted by atomic mass is 9.97. The molecule has 4 rings (SSSR count). The van der Waals surface area contributed by atoms with Crippen molar-refractivity contribution in [2.24, 2.45) is 27.4 Å². The van der Waals surface area contributed by atoms with E-state index in [1.54, 1.807) is 6.08 Å². The monoisotopic (exact) mass is 466 g/mol. The molecular weight excluding hydrogens is 442 g/mol. The molecule has 0 bridgehead atoms. The van der Waals surface area contributed by atoms with Crippen LogP contribution in [0.4, 0.5) is 4.39 Å². The number of rotatable bonds is 4. The third-order valence-corrected chi connectivity index (χ3v) is 6.34. The molecule has 0 spiro atoms. The Morgan fingerprint density at radius 3 is 2.81 bits per heavy atom. The van der Waals surface area contributed by atoms with Crippen LogP contribution in [0, 0.1) is 11.7 Å². The minimum absolute atomic E-state index is 0.00265. The quantitative estimate of drug-likeness (QED) is 0.432. The van der Waals surface area contributed by atoms with E-state index in [1.807, 2.05) is 4.90 Å². The Labute approximate surface area is 190 Å². The molecule has 3 aliphatic heterocycles. The normalized spacial score (nSPS) is 22.7. The summed E-state index contributed by atoms with van der Waals surface area (Å²) in [6.45, 7) is 3.28. The predicted molar refractivity (Wildman–Crippen MR) is 122 cm³/mol. The van der Waals surface area contributed by atoms with Gasteiger partial charge in [-0.2, -0.15) is 0 Å². The highest BCUT2D eigenvalue weighted by Gasteiger charge is 2.25. The van der Waals surface area contributed by atoms with Crippen LogP contribution in [-0.4, -0.2) is 42.8 Å². The van der Waals surface area contributed by atoms with Crippen LogP contribution in [0.3, 0.4) is 0 Å². The molecule has 0 aromatic heterocycles. The lowest BCUT2D eigenvalue weighted by Crippen LogP contribution is -2.39. The smallest absolute Gasteiger partial charge is 0.169 e. The van der Waals surface area contributed by atoms with E-state index in [2.05, 4.69) is 26.2 Å². The first-order valence-corrected chi connectivity index (χ1v) is 10.9. The highest BCUT2D eigenvalue weighted by molar-refractivity contribution is 6.36. The van der Waals surface area contributed by atoms with Crippen LogP contribution in [0.1, 0.15) is 18.4 Å². The van der Waals surface area contributed by atoms with Crippen LogP contribution in [0.25, 0.3) is 0 Å². The third-order valence-electron chi connectivity index (χ3n) is 5.58. The van der Waals surface area contributed by atoms with Gasteiger partial charge in [0.25, 0.3) is 0 Å². The lowest BCUT2D eigenvalue weighted by molar-refractivity contribution is 0.352. The van der Waals surface area contributed by atoms with Crippen LogP contribution >= 0.6 is 23.2 Å². The van der Waals surface area contributed by atoms with Gasteiger partial charge in [-0.1, -0.05) is 23.2 Å². The number of benzene rings is 1. The zero-order valence-electron chi connectivity index (χ0n) is 16.9. The van der Waals surface area contributed by atoms with E-state index in [0.29, 0.717) is 52.6 Å². The summed E-state index contributed by atoms with van der Waals surface area (Å²) < 4.78 is 14.0. The molecule has 1 aromatic rings. The van der Waals surface area contributed by atoms with Gasteiger partial charge in [-0.05, 0) is 44.1 Å². The van der Waals surface area contributed by atoms with Crippen molar-refractivity contribution in [3.05, 3.63) is 56.8 Å². The Morgan fingerprint density at radius 1 is 1.26 bits per heavy atom. The molecule has 1 aromatic carbocycles. The highest BCUT2D eigenvalue weighted by atomic mass is 35.5. The van der Waals surface area contributed by atoms with Crippen molar-refractivity contribution in [2.45, 2.75) is 19.4 Å². The summed E-state index contributed by atoms with van der Waals surface area (Å²) in [7, 11) is 0. The molecular formula is C20H25Cl2FN8. The number of hydrazine groups is 1. The van der Waals surface area contributed by atoms with Crippen LogP contribution in [0.2, 0.25) is 10.0 Å². The van der Waals surface area contributed by atoms with Crippen LogP contribution in [0.15, 0.2) is 45.4 Å². The van der Waals surface area contributed by atoms with E-state index < -0.39 is 5.82 Å². The molecule has 1 fully saturated rings. The Balaban J connectivity index is 1.60. The topological polar surface area (TPSA) is 116 Å². The van der Waals surface area contributed by atoms with Gasteiger partial charge >= 0.3 is 0 Å². The van der Waals surface area contributed by atoms with Gasteiger partial charge in [0.05, 0.1) is 23.0 Å². The van der Waals surface area contributed by atoms with E-state index in [0.717, 1.165) is 31.8 Å². The SMILES string of the molecule is NC1=NCCN(Cc2c(Cl)ccc(F)c2Cl)C1=CC(N)=C1N=C(C2CCNCC2)NN1. The molecule has 1 saturated heterocycles. The number of nitrogens with one attached hydrogen (secondary N) is 3. The first-order valence-electron chi connectivity index (χ1n) is 10.1. The largest absolute Gasteiger partial charge is 0.396 e. The molecule has 166 valence electrons. The molecule has 3 aliphatic rings. The molecule has 0 unspecified atom stereocenters. The average molecular weight is 467 g/mol. The minimum atomic E-state index is -0.520. The first kappa shape index (κ1) is 21.7. The molecule has 0 radical (unpaired) electrons. The van der Waals surface area contributed by atoms with E-state index in [-0.39, 0.29) is 11.6 Å². The van der Waals surface area contributed by atoms with Gasteiger partial charge in [-0.15, -0.1) is 0 Å². The van der Waals surface area contributed by atoms with Gasteiger partial charge < -0.3 is 21.7 Å². The zero-order chi connectivity index (χ0) is 22.0. The molecule has 0 atom stereocenters. The van der Waals surface area contributed by atoms with Gasteiger partial charge in [-0.25, -0.2) is 9.38 Å². The fourth-order valence-electron chi connectivity index (χ4n) is 3.83. The van der Waals surface area contributed by atoms with Crippen molar-refractivity contribution in [2.75, 3.05) is 26.2 Å². The number of nitrogens with zero attached hydrogens (tertiary/aromatic N) is 3. The first-order chi connectivity index (χ1) is 14.9. The number of halogens is 3. The molecule has 3 heterocycles. The number of hydrogen-bond donors (Lipinski definition) is 5. The van der Waals surface area contributed by atoms with Gasteiger partial charge in [-0.3, -0.25) is 15.8 Å². The van der Waals surface area contributed by atoms with E-state index in [1.165, 1.54) is 12.1 Å². The summed E-state index contributed by atoms with van der Waals surface area (Å²) in [6, 6.07) is 2.74. The van der Waals surface area contributed by atoms with E-state index >= 15 is 0 Å². The average Bonchev–Trinajstić information content (AvgIpc) is 3.27. The number of amidine groups is 2. The van der Waals surface area contributed by atoms with Crippen molar-refractivity contribution >= 4 is 34.9 Å². The Morgan fingerprint density at radius 2 is 2.03 bits per heavy atom. The molecule has 31 heavy (non-hydrogen) atoms. The summed E-state index contributed by atoms with van der Waals surface area (Å²) in [4.78, 5) is 10.9. The Hall–Kier alpha value is -2.49. The van der Waals surface area contributed by atoms with Gasteiger partial charge in [0.2, 0.25) is 0 Å². The standard InChI is InChI=1S/C20H25Cl2FN8/c21-13-1-2-14(23)17(22)12(13)10-31-8-7-27-18(25)16(31)9-15(24)20-28-19(29-30-20)11-3-5-26-6-4-11/h1-2,9,11,26,30H,3-8,10,24H2,(H2,25,27)(H,28,29).